The lowest BCUT2D eigenvalue weighted by Gasteiger charge is -2.10. The molecule has 0 aliphatic heterocycles. The Labute approximate surface area is 119 Å². The number of hydrogen-bond donors (Lipinski definition) is 1. The summed E-state index contributed by atoms with van der Waals surface area (Å²) in [4.78, 5) is 8.32. The number of benzene rings is 1. The minimum absolute atomic E-state index is 0.00768. The molecular formula is C14H13F2N5. The fraction of sp³-hybridized carbons (Fsp3) is 0.214. The van der Waals surface area contributed by atoms with Crippen LogP contribution in [0, 0.1) is 6.92 Å². The van der Waals surface area contributed by atoms with Crippen molar-refractivity contribution >= 4 is 11.6 Å². The average molecular weight is 289 g/mol. The van der Waals surface area contributed by atoms with Crippen molar-refractivity contribution in [2.45, 2.75) is 19.8 Å². The van der Waals surface area contributed by atoms with Gasteiger partial charge in [0.15, 0.2) is 0 Å². The number of aryl methyl sites for hydroxylation is 1. The van der Waals surface area contributed by atoms with E-state index in [9.17, 15) is 8.78 Å². The first kappa shape index (κ1) is 13.4. The van der Waals surface area contributed by atoms with Crippen molar-refractivity contribution in [3.63, 3.8) is 0 Å². The Bertz CT molecular complexity index is 780. The summed E-state index contributed by atoms with van der Waals surface area (Å²) < 4.78 is 26.6. The molecule has 1 aromatic carbocycles. The molecule has 0 saturated carbocycles. The third-order valence-corrected chi connectivity index (χ3v) is 3.38. The number of halogens is 2. The van der Waals surface area contributed by atoms with Crippen LogP contribution in [0.4, 0.5) is 14.6 Å². The Balaban J connectivity index is 1.97. The van der Waals surface area contributed by atoms with Gasteiger partial charge in [0.25, 0.3) is 12.2 Å². The molecule has 0 atom stereocenters. The topological polar surface area (TPSA) is 69.1 Å². The molecule has 0 radical (unpaired) electrons. The Kier molecular flexibility index (Phi) is 3.25. The quantitative estimate of drug-likeness (QED) is 0.804. The van der Waals surface area contributed by atoms with E-state index in [0.29, 0.717) is 18.0 Å². The molecule has 0 fully saturated rings. The lowest BCUT2D eigenvalue weighted by atomic mass is 10.0. The van der Waals surface area contributed by atoms with Gasteiger partial charge in [0.2, 0.25) is 0 Å². The lowest BCUT2D eigenvalue weighted by Crippen LogP contribution is -2.08. The van der Waals surface area contributed by atoms with Gasteiger partial charge in [-0.05, 0) is 12.5 Å². The minimum atomic E-state index is -2.46. The van der Waals surface area contributed by atoms with E-state index in [1.165, 1.54) is 23.0 Å². The van der Waals surface area contributed by atoms with E-state index in [2.05, 4.69) is 15.1 Å². The molecule has 7 heteroatoms. The van der Waals surface area contributed by atoms with E-state index in [1.54, 1.807) is 12.1 Å². The van der Waals surface area contributed by atoms with Gasteiger partial charge >= 0.3 is 0 Å². The zero-order valence-electron chi connectivity index (χ0n) is 11.3. The number of fused-ring (bicyclic) bond motifs is 1. The van der Waals surface area contributed by atoms with E-state index >= 15 is 0 Å². The van der Waals surface area contributed by atoms with Crippen LogP contribution in [-0.4, -0.2) is 19.6 Å². The molecule has 2 heterocycles. The van der Waals surface area contributed by atoms with Gasteiger partial charge in [0.1, 0.15) is 12.1 Å². The van der Waals surface area contributed by atoms with E-state index in [0.717, 1.165) is 16.8 Å². The normalized spacial score (nSPS) is 11.4. The second-order valence-corrected chi connectivity index (χ2v) is 4.75. The maximum atomic E-state index is 12.5. The maximum absolute atomic E-state index is 12.5. The van der Waals surface area contributed by atoms with Crippen LogP contribution in [0.3, 0.4) is 0 Å². The highest BCUT2D eigenvalue weighted by molar-refractivity contribution is 5.51. The molecule has 3 rings (SSSR count). The van der Waals surface area contributed by atoms with Crippen molar-refractivity contribution in [2.24, 2.45) is 0 Å². The molecule has 0 unspecified atom stereocenters. The third kappa shape index (κ3) is 2.42. The second kappa shape index (κ2) is 5.08. The molecule has 0 saturated heterocycles. The molecule has 0 aliphatic rings. The van der Waals surface area contributed by atoms with E-state index in [-0.39, 0.29) is 5.56 Å². The van der Waals surface area contributed by atoms with Gasteiger partial charge in [-0.15, -0.1) is 0 Å². The van der Waals surface area contributed by atoms with Crippen LogP contribution in [0.15, 0.2) is 30.6 Å². The van der Waals surface area contributed by atoms with Crippen LogP contribution in [0.5, 0.6) is 0 Å². The zero-order valence-corrected chi connectivity index (χ0v) is 11.3. The van der Waals surface area contributed by atoms with Crippen molar-refractivity contribution in [1.82, 2.24) is 19.6 Å². The Morgan fingerprint density at radius 2 is 1.95 bits per heavy atom. The predicted molar refractivity (Wildman–Crippen MR) is 74.1 cm³/mol. The molecule has 0 bridgehead atoms. The highest BCUT2D eigenvalue weighted by Gasteiger charge is 2.13. The number of alkyl halides is 2. The number of anilines is 1. The van der Waals surface area contributed by atoms with Gasteiger partial charge in [-0.1, -0.05) is 24.3 Å². The molecule has 5 nitrogen and oxygen atoms in total. The van der Waals surface area contributed by atoms with E-state index in [1.807, 2.05) is 6.92 Å². The van der Waals surface area contributed by atoms with Crippen LogP contribution in [0.2, 0.25) is 0 Å². The number of rotatable bonds is 3. The van der Waals surface area contributed by atoms with E-state index in [4.69, 9.17) is 5.73 Å². The summed E-state index contributed by atoms with van der Waals surface area (Å²) in [5.41, 5.74) is 8.56. The molecule has 108 valence electrons. The Morgan fingerprint density at radius 1 is 1.24 bits per heavy atom. The zero-order chi connectivity index (χ0) is 15.0. The van der Waals surface area contributed by atoms with Gasteiger partial charge in [-0.25, -0.2) is 13.8 Å². The monoisotopic (exact) mass is 289 g/mol. The summed E-state index contributed by atoms with van der Waals surface area (Å²) in [7, 11) is 0. The highest BCUT2D eigenvalue weighted by Crippen LogP contribution is 2.22. The number of aromatic nitrogens is 4. The molecule has 0 spiro atoms. The van der Waals surface area contributed by atoms with E-state index < -0.39 is 6.43 Å². The van der Waals surface area contributed by atoms with Crippen molar-refractivity contribution in [3.05, 3.63) is 53.0 Å². The Morgan fingerprint density at radius 3 is 2.62 bits per heavy atom. The first-order valence-corrected chi connectivity index (χ1v) is 6.38. The van der Waals surface area contributed by atoms with Crippen molar-refractivity contribution in [2.75, 3.05) is 5.73 Å². The average Bonchev–Trinajstić information content (AvgIpc) is 2.92. The molecular weight excluding hydrogens is 276 g/mol. The van der Waals surface area contributed by atoms with Crippen LogP contribution in [0.1, 0.15) is 28.8 Å². The first-order chi connectivity index (χ1) is 10.1. The molecule has 2 N–H and O–H groups in total. The van der Waals surface area contributed by atoms with Gasteiger partial charge in [-0.2, -0.15) is 14.6 Å². The van der Waals surface area contributed by atoms with Crippen LogP contribution in [-0.2, 0) is 6.42 Å². The number of hydrogen-bond acceptors (Lipinski definition) is 4. The largest absolute Gasteiger partial charge is 0.383 e. The standard InChI is InChI=1S/C14H13F2N5/c1-8-11(13(17)21-14(20-8)18-7-19-21)6-9-2-4-10(5-3-9)12(15)16/h2-5,7,12H,6,17H2,1H3. The SMILES string of the molecule is Cc1nc2ncnn2c(N)c1Cc1ccc(C(F)F)cc1. The molecule has 3 aromatic rings. The van der Waals surface area contributed by atoms with Gasteiger partial charge < -0.3 is 5.73 Å². The van der Waals surface area contributed by atoms with Crippen LogP contribution >= 0.6 is 0 Å². The summed E-state index contributed by atoms with van der Waals surface area (Å²) in [6, 6.07) is 6.19. The minimum Gasteiger partial charge on any atom is -0.383 e. The first-order valence-electron chi connectivity index (χ1n) is 6.38. The summed E-state index contributed by atoms with van der Waals surface area (Å²) in [5, 5.41) is 4.02. The fourth-order valence-corrected chi connectivity index (χ4v) is 2.22. The Hall–Kier alpha value is -2.57. The van der Waals surface area contributed by atoms with Gasteiger partial charge in [0, 0.05) is 23.2 Å². The number of nitrogen functional groups attached to an aromatic ring is 1. The molecule has 0 amide bonds. The van der Waals surface area contributed by atoms with Crippen LogP contribution < -0.4 is 5.73 Å². The number of nitrogens with zero attached hydrogens (tertiary/aromatic N) is 4. The molecule has 2 aromatic heterocycles. The fourth-order valence-electron chi connectivity index (χ4n) is 2.22. The molecule has 0 aliphatic carbocycles. The maximum Gasteiger partial charge on any atom is 0.263 e. The highest BCUT2D eigenvalue weighted by atomic mass is 19.3. The summed E-state index contributed by atoms with van der Waals surface area (Å²) in [5.74, 6) is 0.912. The van der Waals surface area contributed by atoms with Gasteiger partial charge in [-0.3, -0.25) is 0 Å². The van der Waals surface area contributed by atoms with Crippen molar-refractivity contribution in [3.8, 4) is 0 Å². The lowest BCUT2D eigenvalue weighted by molar-refractivity contribution is 0.151. The third-order valence-electron chi connectivity index (χ3n) is 3.38. The predicted octanol–water partition coefficient (Wildman–Crippen LogP) is 2.54. The smallest absolute Gasteiger partial charge is 0.263 e. The van der Waals surface area contributed by atoms with Crippen molar-refractivity contribution in [1.29, 1.82) is 0 Å². The summed E-state index contributed by atoms with van der Waals surface area (Å²) >= 11 is 0. The summed E-state index contributed by atoms with van der Waals surface area (Å²) in [6.45, 7) is 1.84. The molecule has 21 heavy (non-hydrogen) atoms. The second-order valence-electron chi connectivity index (χ2n) is 4.75. The van der Waals surface area contributed by atoms with Gasteiger partial charge in [0.05, 0.1) is 0 Å². The number of nitrogens with two attached hydrogens (primary N) is 1. The van der Waals surface area contributed by atoms with Crippen molar-refractivity contribution < 1.29 is 8.78 Å². The van der Waals surface area contributed by atoms with Crippen LogP contribution in [0.25, 0.3) is 5.78 Å². The summed E-state index contributed by atoms with van der Waals surface area (Å²) in [6.07, 6.45) is -0.567.